The molecule has 0 aromatic rings. The molecule has 0 saturated heterocycles. The van der Waals surface area contributed by atoms with Gasteiger partial charge >= 0.3 is 11.9 Å². The second-order valence-electron chi connectivity index (χ2n) is 12.2. The number of carboxylic acid groups (broad SMARTS) is 2. The third-order valence-corrected chi connectivity index (χ3v) is 8.18. The molecule has 0 fully saturated rings. The number of carboxylic acids is 2. The Labute approximate surface area is 328 Å². The molecule has 0 saturated carbocycles. The molecular formula is C31H44Cl2N8O15. The Balaban J connectivity index is 6.31. The molecule has 0 rings (SSSR count). The number of hydrogen-bond acceptors (Lipinski definition) is 13. The number of Topliss-reactive ketones (excluding diaryl/α,β-unsaturated/α-hetero) is 3. The van der Waals surface area contributed by atoms with Crippen LogP contribution in [-0.2, 0) is 62.3 Å². The number of nitrogens with two attached hydrogens (primary N) is 2. The van der Waals surface area contributed by atoms with Gasteiger partial charge in [0.1, 0.15) is 24.2 Å². The number of halogens is 2. The summed E-state index contributed by atoms with van der Waals surface area (Å²) in [5.74, 6) is -15.5. The summed E-state index contributed by atoms with van der Waals surface area (Å²) >= 11 is 12.1. The number of aliphatic carboxylic acids is 2. The zero-order valence-electron chi connectivity index (χ0n) is 30.5. The van der Waals surface area contributed by atoms with Gasteiger partial charge < -0.3 is 53.6 Å². The van der Waals surface area contributed by atoms with Crippen LogP contribution in [0.5, 0.6) is 0 Å². The lowest BCUT2D eigenvalue weighted by molar-refractivity contribution is -0.139. The predicted octanol–water partition coefficient (Wildman–Crippen LogP) is -4.62. The van der Waals surface area contributed by atoms with Crippen LogP contribution in [0.25, 0.3) is 0 Å². The summed E-state index contributed by atoms with van der Waals surface area (Å²) in [7, 11) is 0. The molecule has 0 aromatic heterocycles. The highest BCUT2D eigenvalue weighted by atomic mass is 35.5. The van der Waals surface area contributed by atoms with Gasteiger partial charge in [-0.15, -0.1) is 23.2 Å². The van der Waals surface area contributed by atoms with Crippen LogP contribution in [0.4, 0.5) is 0 Å². The molecule has 0 aromatic carbocycles. The molecule has 12 N–H and O–H groups in total. The molecule has 0 aliphatic heterocycles. The van der Waals surface area contributed by atoms with Crippen molar-refractivity contribution in [3.05, 3.63) is 0 Å². The highest BCUT2D eigenvalue weighted by Gasteiger charge is 2.42. The van der Waals surface area contributed by atoms with Crippen LogP contribution >= 0.6 is 23.2 Å². The van der Waals surface area contributed by atoms with Crippen molar-refractivity contribution in [1.82, 2.24) is 31.9 Å². The van der Waals surface area contributed by atoms with Crippen molar-refractivity contribution in [1.29, 1.82) is 0 Å². The predicted molar refractivity (Wildman–Crippen MR) is 190 cm³/mol. The number of carbonyl (C=O) groups is 13. The van der Waals surface area contributed by atoms with E-state index in [1.807, 2.05) is 10.6 Å². The number of carbonyl (C=O) groups excluding carboxylic acids is 11. The normalized spacial score (nSPS) is 15.0. The van der Waals surface area contributed by atoms with Crippen LogP contribution in [0, 0.1) is 0 Å². The summed E-state index contributed by atoms with van der Waals surface area (Å²) < 4.78 is 0. The Kier molecular flexibility index (Phi) is 21.5. The zero-order valence-corrected chi connectivity index (χ0v) is 32.0. The molecular weight excluding hydrogens is 795 g/mol. The molecule has 0 bridgehead atoms. The van der Waals surface area contributed by atoms with Crippen LogP contribution in [-0.4, -0.2) is 134 Å². The highest BCUT2D eigenvalue weighted by molar-refractivity contribution is 6.53. The van der Waals surface area contributed by atoms with Crippen LogP contribution in [0.15, 0.2) is 0 Å². The van der Waals surface area contributed by atoms with Gasteiger partial charge in [0.15, 0.2) is 28.1 Å². The fraction of sp³-hybridized carbons (Fsp3) is 0.581. The van der Waals surface area contributed by atoms with E-state index in [2.05, 4.69) is 21.3 Å². The Bertz CT molecular complexity index is 1480. The monoisotopic (exact) mass is 838 g/mol. The van der Waals surface area contributed by atoms with Gasteiger partial charge in [-0.25, -0.2) is 0 Å². The lowest BCUT2D eigenvalue weighted by Gasteiger charge is -2.25. The first kappa shape index (κ1) is 50.3. The van der Waals surface area contributed by atoms with Crippen molar-refractivity contribution in [2.45, 2.75) is 113 Å². The molecule has 0 spiro atoms. The van der Waals surface area contributed by atoms with E-state index in [4.69, 9.17) is 44.9 Å². The molecule has 0 aliphatic rings. The van der Waals surface area contributed by atoms with Gasteiger partial charge in [-0.05, 0) is 26.7 Å². The van der Waals surface area contributed by atoms with Crippen LogP contribution in [0.1, 0.15) is 66.2 Å². The third kappa shape index (κ3) is 18.6. The average Bonchev–Trinajstić information content (AvgIpc) is 3.07. The largest absolute Gasteiger partial charge is 0.481 e. The Morgan fingerprint density at radius 2 is 0.768 bits per heavy atom. The Morgan fingerprint density at radius 3 is 1.02 bits per heavy atom. The number of ketones is 3. The SMILES string of the molecule is CC(=O)N[C@@H](C)C(=O)N[C@@H](CCC(=O)O)C(=O)N[C@@H](CC(N)=O)C(=O)C(Cl)C(=O)C(Cl)C(=O)[C@H](CC(N)=O)NC(=O)[C@H](CCC(=O)O)NC(=O)[C@H](C)NC(C)=O. The Hall–Kier alpha value is -5.71. The van der Waals surface area contributed by atoms with E-state index in [0.717, 1.165) is 13.8 Å². The van der Waals surface area contributed by atoms with Crippen LogP contribution in [0.2, 0.25) is 0 Å². The first-order chi connectivity index (χ1) is 25.8. The number of amides is 8. The standard InChI is InChI=1S/C31H44Cl2N8O15/c1-11(36-13(3)42)28(53)38-15(5-7-21(46)47)30(55)40-17(9-19(34)44)25(50)23(32)27(52)24(33)26(51)18(10-20(35)45)41-31(56)16(6-8-22(48)49)39-29(54)12(2)37-14(4)43/h11-12,15-18,23-24H,5-10H2,1-4H3,(H2,34,44)(H2,35,45)(H,36,42)(H,37,43)(H,38,53)(H,39,54)(H,40,55)(H,41,56)(H,46,47)(H,48,49)/t11-,12-,15-,16-,17-,18-,23?,24?/m0/s1. The quantitative estimate of drug-likeness (QED) is 0.0289. The van der Waals surface area contributed by atoms with Gasteiger partial charge in [0.05, 0.1) is 24.9 Å². The van der Waals surface area contributed by atoms with Gasteiger partial charge in [-0.2, -0.15) is 0 Å². The van der Waals surface area contributed by atoms with Gasteiger partial charge in [-0.1, -0.05) is 0 Å². The smallest absolute Gasteiger partial charge is 0.303 e. The molecule has 0 aliphatic carbocycles. The lowest BCUT2D eigenvalue weighted by atomic mass is 9.96. The van der Waals surface area contributed by atoms with E-state index in [1.54, 1.807) is 0 Å². The maximum absolute atomic E-state index is 13.4. The first-order valence-corrected chi connectivity index (χ1v) is 17.3. The molecule has 8 amide bonds. The van der Waals surface area contributed by atoms with E-state index in [1.165, 1.54) is 13.8 Å². The molecule has 8 atom stereocenters. The van der Waals surface area contributed by atoms with E-state index in [0.29, 0.717) is 0 Å². The van der Waals surface area contributed by atoms with Crippen molar-refractivity contribution < 1.29 is 72.5 Å². The zero-order chi connectivity index (χ0) is 43.6. The van der Waals surface area contributed by atoms with Crippen LogP contribution in [0.3, 0.4) is 0 Å². The fourth-order valence-electron chi connectivity index (χ4n) is 4.56. The maximum Gasteiger partial charge on any atom is 0.303 e. The fourth-order valence-corrected chi connectivity index (χ4v) is 5.18. The topological polar surface area (TPSA) is 387 Å². The Morgan fingerprint density at radius 1 is 0.482 bits per heavy atom. The van der Waals surface area contributed by atoms with E-state index in [-0.39, 0.29) is 0 Å². The number of nitrogens with one attached hydrogen (secondary N) is 6. The van der Waals surface area contributed by atoms with Crippen molar-refractivity contribution in [2.75, 3.05) is 0 Å². The summed E-state index contributed by atoms with van der Waals surface area (Å²) in [5.41, 5.74) is 10.4. The van der Waals surface area contributed by atoms with E-state index >= 15 is 0 Å². The van der Waals surface area contributed by atoms with Gasteiger partial charge in [0, 0.05) is 26.7 Å². The van der Waals surface area contributed by atoms with Crippen molar-refractivity contribution in [3.8, 4) is 0 Å². The molecule has 0 radical (unpaired) electrons. The van der Waals surface area contributed by atoms with E-state index < -0.39 is 162 Å². The minimum atomic E-state index is -2.44. The molecule has 2 unspecified atom stereocenters. The number of alkyl halides is 2. The summed E-state index contributed by atoms with van der Waals surface area (Å²) in [6.45, 7) is 4.66. The second kappa shape index (κ2) is 23.9. The molecule has 312 valence electrons. The number of hydrogen-bond donors (Lipinski definition) is 10. The van der Waals surface area contributed by atoms with E-state index in [9.17, 15) is 62.3 Å². The van der Waals surface area contributed by atoms with Crippen molar-refractivity contribution in [3.63, 3.8) is 0 Å². The molecule has 56 heavy (non-hydrogen) atoms. The summed E-state index contributed by atoms with van der Waals surface area (Å²) in [6.07, 6.45) is -4.57. The highest BCUT2D eigenvalue weighted by Crippen LogP contribution is 2.16. The van der Waals surface area contributed by atoms with Crippen LogP contribution < -0.4 is 43.4 Å². The minimum absolute atomic E-state index is 0.569. The van der Waals surface area contributed by atoms with Gasteiger partial charge in [0.2, 0.25) is 47.3 Å². The number of primary amides is 2. The van der Waals surface area contributed by atoms with Crippen molar-refractivity contribution >= 4 is 99.7 Å². The molecule has 23 nitrogen and oxygen atoms in total. The summed E-state index contributed by atoms with van der Waals surface area (Å²) in [5, 5.41) is 26.2. The average molecular weight is 840 g/mol. The lowest BCUT2D eigenvalue weighted by Crippen LogP contribution is -2.58. The third-order valence-electron chi connectivity index (χ3n) is 7.32. The summed E-state index contributed by atoms with van der Waals surface area (Å²) in [4.78, 5) is 160. The first-order valence-electron chi connectivity index (χ1n) is 16.4. The van der Waals surface area contributed by atoms with Crippen molar-refractivity contribution in [2.24, 2.45) is 11.5 Å². The minimum Gasteiger partial charge on any atom is -0.481 e. The van der Waals surface area contributed by atoms with Gasteiger partial charge in [0.25, 0.3) is 0 Å². The van der Waals surface area contributed by atoms with Gasteiger partial charge in [-0.3, -0.25) is 62.3 Å². The molecule has 25 heteroatoms. The molecule has 0 heterocycles. The summed E-state index contributed by atoms with van der Waals surface area (Å²) in [6, 6.07) is -9.89. The second-order valence-corrected chi connectivity index (χ2v) is 13.1. The number of rotatable bonds is 26. The maximum atomic E-state index is 13.4.